The molecule has 128 valence electrons. The van der Waals surface area contributed by atoms with Crippen LogP contribution in [0.25, 0.3) is 0 Å². The molecule has 2 aromatic rings. The minimum Gasteiger partial charge on any atom is -0.488 e. The van der Waals surface area contributed by atoms with Crippen LogP contribution in [0, 0.1) is 0 Å². The summed E-state index contributed by atoms with van der Waals surface area (Å²) in [6.07, 6.45) is 0.736. The molecule has 6 heteroatoms. The first-order valence-electron chi connectivity index (χ1n) is 8.24. The number of fused-ring (bicyclic) bond motifs is 2. The second-order valence-corrected chi connectivity index (χ2v) is 7.11. The molecule has 2 aliphatic rings. The number of hydrogen-bond donors (Lipinski definition) is 1. The van der Waals surface area contributed by atoms with Crippen molar-refractivity contribution in [3.05, 3.63) is 54.1 Å². The minimum absolute atomic E-state index is 0.0378. The third-order valence-corrected chi connectivity index (χ3v) is 5.40. The Morgan fingerprint density at radius 2 is 2.00 bits per heavy atom. The molecule has 1 N–H and O–H groups in total. The third kappa shape index (κ3) is 3.35. The van der Waals surface area contributed by atoms with Crippen molar-refractivity contribution in [3.8, 4) is 5.75 Å². The Labute approximate surface area is 150 Å². The molecule has 1 atom stereocenters. The maximum absolute atomic E-state index is 12.3. The first-order valence-corrected chi connectivity index (χ1v) is 9.23. The molecule has 0 saturated heterocycles. The maximum Gasteiger partial charge on any atom is 0.240 e. The predicted octanol–water partition coefficient (Wildman–Crippen LogP) is 2.25. The largest absolute Gasteiger partial charge is 0.488 e. The molecule has 5 nitrogen and oxygen atoms in total. The molecule has 4 rings (SSSR count). The van der Waals surface area contributed by atoms with Gasteiger partial charge in [0.2, 0.25) is 11.8 Å². The number of benzene rings is 2. The van der Waals surface area contributed by atoms with Gasteiger partial charge in [-0.3, -0.25) is 9.59 Å². The van der Waals surface area contributed by atoms with Crippen molar-refractivity contribution in [2.45, 2.75) is 17.4 Å². The number of carbonyl (C=O) groups is 2. The van der Waals surface area contributed by atoms with Crippen molar-refractivity contribution >= 4 is 29.3 Å². The number of amides is 2. The molecule has 25 heavy (non-hydrogen) atoms. The summed E-state index contributed by atoms with van der Waals surface area (Å²) in [5.41, 5.74) is 1.97. The molecular formula is C19H18N2O3S. The Kier molecular flexibility index (Phi) is 4.36. The Balaban J connectivity index is 1.35. The normalized spacial score (nSPS) is 18.3. The first kappa shape index (κ1) is 16.0. The summed E-state index contributed by atoms with van der Waals surface area (Å²) < 4.78 is 5.83. The summed E-state index contributed by atoms with van der Waals surface area (Å²) >= 11 is 1.51. The number of nitrogens with one attached hydrogen (secondary N) is 1. The molecule has 1 unspecified atom stereocenters. The van der Waals surface area contributed by atoms with Gasteiger partial charge in [-0.15, -0.1) is 11.8 Å². The van der Waals surface area contributed by atoms with Crippen LogP contribution < -0.4 is 15.0 Å². The van der Waals surface area contributed by atoms with Crippen LogP contribution in [0.2, 0.25) is 0 Å². The van der Waals surface area contributed by atoms with Crippen LogP contribution in [0.5, 0.6) is 5.75 Å². The fraction of sp³-hybridized carbons (Fsp3) is 0.263. The number of ether oxygens (including phenoxy) is 1. The SMILES string of the molecule is O=C(CN1C(=O)CSc2ccccc21)NCC1Cc2ccccc2O1. The summed E-state index contributed by atoms with van der Waals surface area (Å²) in [5, 5.41) is 2.89. The highest BCUT2D eigenvalue weighted by Crippen LogP contribution is 2.34. The highest BCUT2D eigenvalue weighted by molar-refractivity contribution is 8.00. The Bertz CT molecular complexity index is 799. The van der Waals surface area contributed by atoms with Crippen LogP contribution >= 0.6 is 11.8 Å². The number of anilines is 1. The molecule has 0 aliphatic carbocycles. The van der Waals surface area contributed by atoms with Gasteiger partial charge in [0.05, 0.1) is 18.0 Å². The number of nitrogens with zero attached hydrogens (tertiary/aromatic N) is 1. The van der Waals surface area contributed by atoms with Gasteiger partial charge in [-0.25, -0.2) is 0 Å². The fourth-order valence-corrected chi connectivity index (χ4v) is 4.06. The van der Waals surface area contributed by atoms with Gasteiger partial charge in [-0.05, 0) is 23.8 Å². The van der Waals surface area contributed by atoms with E-state index in [9.17, 15) is 9.59 Å². The lowest BCUT2D eigenvalue weighted by Crippen LogP contribution is -2.45. The van der Waals surface area contributed by atoms with E-state index in [0.717, 1.165) is 22.8 Å². The Morgan fingerprint density at radius 1 is 1.20 bits per heavy atom. The van der Waals surface area contributed by atoms with Gasteiger partial charge < -0.3 is 15.0 Å². The molecule has 0 spiro atoms. The van der Waals surface area contributed by atoms with E-state index in [2.05, 4.69) is 5.32 Å². The van der Waals surface area contributed by atoms with Gasteiger partial charge >= 0.3 is 0 Å². The second kappa shape index (κ2) is 6.80. The van der Waals surface area contributed by atoms with E-state index < -0.39 is 0 Å². The number of rotatable bonds is 4. The predicted molar refractivity (Wildman–Crippen MR) is 97.1 cm³/mol. The zero-order valence-electron chi connectivity index (χ0n) is 13.6. The number of hydrogen-bond acceptors (Lipinski definition) is 4. The van der Waals surface area contributed by atoms with Gasteiger partial charge in [0.25, 0.3) is 0 Å². The second-order valence-electron chi connectivity index (χ2n) is 6.09. The Hall–Kier alpha value is -2.47. The van der Waals surface area contributed by atoms with E-state index in [1.165, 1.54) is 17.3 Å². The van der Waals surface area contributed by atoms with Crippen LogP contribution in [0.4, 0.5) is 5.69 Å². The van der Waals surface area contributed by atoms with Crippen LogP contribution in [-0.2, 0) is 16.0 Å². The molecule has 2 amide bonds. The molecule has 0 radical (unpaired) electrons. The molecule has 0 aromatic heterocycles. The molecule has 2 aromatic carbocycles. The van der Waals surface area contributed by atoms with Crippen molar-refractivity contribution < 1.29 is 14.3 Å². The zero-order valence-corrected chi connectivity index (χ0v) is 14.4. The summed E-state index contributed by atoms with van der Waals surface area (Å²) in [7, 11) is 0. The summed E-state index contributed by atoms with van der Waals surface area (Å²) in [6, 6.07) is 15.6. The lowest BCUT2D eigenvalue weighted by molar-refractivity contribution is -0.123. The van der Waals surface area contributed by atoms with E-state index in [4.69, 9.17) is 4.74 Å². The van der Waals surface area contributed by atoms with Gasteiger partial charge in [0, 0.05) is 11.3 Å². The standard InChI is InChI=1S/C19H18N2O3S/c22-18(20-10-14-9-13-5-1-3-7-16(13)24-14)11-21-15-6-2-4-8-17(15)25-12-19(21)23/h1-8,14H,9-12H2,(H,20,22). The van der Waals surface area contributed by atoms with E-state index >= 15 is 0 Å². The molecule has 2 aliphatic heterocycles. The van der Waals surface area contributed by atoms with E-state index in [0.29, 0.717) is 12.3 Å². The molecule has 0 bridgehead atoms. The minimum atomic E-state index is -0.172. The highest BCUT2D eigenvalue weighted by Gasteiger charge is 2.27. The zero-order chi connectivity index (χ0) is 17.2. The molecule has 0 saturated carbocycles. The van der Waals surface area contributed by atoms with Crippen LogP contribution in [0.1, 0.15) is 5.56 Å². The van der Waals surface area contributed by atoms with Gasteiger partial charge in [-0.1, -0.05) is 30.3 Å². The van der Waals surface area contributed by atoms with Crippen molar-refractivity contribution in [2.75, 3.05) is 23.7 Å². The smallest absolute Gasteiger partial charge is 0.240 e. The van der Waals surface area contributed by atoms with E-state index in [1.54, 1.807) is 4.90 Å². The number of thioether (sulfide) groups is 1. The average molecular weight is 354 g/mol. The first-order chi connectivity index (χ1) is 12.2. The van der Waals surface area contributed by atoms with Gasteiger partial charge in [0.15, 0.2) is 0 Å². The van der Waals surface area contributed by atoms with Crippen LogP contribution in [-0.4, -0.2) is 36.8 Å². The third-order valence-electron chi connectivity index (χ3n) is 4.35. The van der Waals surface area contributed by atoms with Crippen LogP contribution in [0.3, 0.4) is 0 Å². The van der Waals surface area contributed by atoms with Crippen molar-refractivity contribution in [2.24, 2.45) is 0 Å². The lowest BCUT2D eigenvalue weighted by atomic mass is 10.1. The van der Waals surface area contributed by atoms with E-state index in [-0.39, 0.29) is 24.5 Å². The summed E-state index contributed by atoms with van der Waals surface area (Å²) in [4.78, 5) is 27.1. The lowest BCUT2D eigenvalue weighted by Gasteiger charge is -2.28. The van der Waals surface area contributed by atoms with Crippen LogP contribution in [0.15, 0.2) is 53.4 Å². The number of carbonyl (C=O) groups excluding carboxylic acids is 2. The number of para-hydroxylation sites is 2. The van der Waals surface area contributed by atoms with Crippen molar-refractivity contribution in [3.63, 3.8) is 0 Å². The molecular weight excluding hydrogens is 336 g/mol. The highest BCUT2D eigenvalue weighted by atomic mass is 32.2. The molecule has 0 fully saturated rings. The summed E-state index contributed by atoms with van der Waals surface area (Å²) in [6.45, 7) is 0.474. The Morgan fingerprint density at radius 3 is 2.88 bits per heavy atom. The van der Waals surface area contributed by atoms with Gasteiger partial charge in [-0.2, -0.15) is 0 Å². The topological polar surface area (TPSA) is 58.6 Å². The monoisotopic (exact) mass is 354 g/mol. The fourth-order valence-electron chi connectivity index (χ4n) is 3.12. The molecule has 2 heterocycles. The average Bonchev–Trinajstić information content (AvgIpc) is 3.05. The van der Waals surface area contributed by atoms with E-state index in [1.807, 2.05) is 48.5 Å². The summed E-state index contributed by atoms with van der Waals surface area (Å²) in [5.74, 6) is 1.04. The maximum atomic E-state index is 12.3. The van der Waals surface area contributed by atoms with Crippen molar-refractivity contribution in [1.82, 2.24) is 5.32 Å². The van der Waals surface area contributed by atoms with Crippen molar-refractivity contribution in [1.29, 1.82) is 0 Å². The van der Waals surface area contributed by atoms with Gasteiger partial charge in [0.1, 0.15) is 18.4 Å². The quantitative estimate of drug-likeness (QED) is 0.915.